The van der Waals surface area contributed by atoms with Crippen molar-refractivity contribution in [3.8, 4) is 0 Å². The number of aromatic nitrogens is 1. The van der Waals surface area contributed by atoms with Crippen LogP contribution in [-0.2, 0) is 14.6 Å². The van der Waals surface area contributed by atoms with Gasteiger partial charge in [0.1, 0.15) is 4.88 Å². The number of sulfone groups is 1. The van der Waals surface area contributed by atoms with E-state index in [0.717, 1.165) is 11.3 Å². The Morgan fingerprint density at radius 1 is 1.33 bits per heavy atom. The molecule has 1 aromatic rings. The van der Waals surface area contributed by atoms with Gasteiger partial charge in [0.2, 0.25) is 0 Å². The Bertz CT molecular complexity index is 651. The fourth-order valence-electron chi connectivity index (χ4n) is 1.92. The monoisotopic (exact) mass is 332 g/mol. The molecule has 0 aliphatic carbocycles. The summed E-state index contributed by atoms with van der Waals surface area (Å²) >= 11 is 1.10. The number of ether oxygens (including phenoxy) is 1. The van der Waals surface area contributed by atoms with Crippen molar-refractivity contribution < 1.29 is 22.7 Å². The van der Waals surface area contributed by atoms with Gasteiger partial charge in [-0.05, 0) is 6.92 Å². The second-order valence-corrected chi connectivity index (χ2v) is 7.87. The molecule has 0 N–H and O–H groups in total. The van der Waals surface area contributed by atoms with E-state index in [4.69, 9.17) is 4.74 Å². The number of ketones is 1. The van der Waals surface area contributed by atoms with E-state index in [1.807, 2.05) is 0 Å². The molecule has 1 aromatic heterocycles. The second-order valence-electron chi connectivity index (χ2n) is 4.59. The summed E-state index contributed by atoms with van der Waals surface area (Å²) in [5, 5.41) is 0.484. The van der Waals surface area contributed by atoms with Gasteiger partial charge in [0.25, 0.3) is 0 Å². The van der Waals surface area contributed by atoms with Crippen molar-refractivity contribution in [2.75, 3.05) is 36.1 Å². The molecule has 2 rings (SSSR count). The highest BCUT2D eigenvalue weighted by molar-refractivity contribution is 7.91. The van der Waals surface area contributed by atoms with Crippen molar-refractivity contribution in [1.82, 2.24) is 4.98 Å². The summed E-state index contributed by atoms with van der Waals surface area (Å²) < 4.78 is 27.7. The van der Waals surface area contributed by atoms with Crippen LogP contribution in [0.2, 0.25) is 0 Å². The topological polar surface area (TPSA) is 93.6 Å². The van der Waals surface area contributed by atoms with E-state index < -0.39 is 15.8 Å². The lowest BCUT2D eigenvalue weighted by Gasteiger charge is -2.25. The predicted molar refractivity (Wildman–Crippen MR) is 78.9 cm³/mol. The third kappa shape index (κ3) is 3.59. The smallest absolute Gasteiger partial charge is 0.358 e. The largest absolute Gasteiger partial charge is 0.461 e. The minimum Gasteiger partial charge on any atom is -0.461 e. The van der Waals surface area contributed by atoms with E-state index >= 15 is 0 Å². The number of hydrogen-bond donors (Lipinski definition) is 0. The first-order valence-corrected chi connectivity index (χ1v) is 9.12. The molecule has 0 spiro atoms. The van der Waals surface area contributed by atoms with Crippen molar-refractivity contribution in [1.29, 1.82) is 0 Å². The number of hydrogen-bond acceptors (Lipinski definition) is 8. The van der Waals surface area contributed by atoms with Gasteiger partial charge in [-0.2, -0.15) is 0 Å². The zero-order valence-electron chi connectivity index (χ0n) is 11.8. The van der Waals surface area contributed by atoms with Crippen molar-refractivity contribution >= 4 is 38.1 Å². The number of carbonyl (C=O) groups is 2. The molecule has 0 amide bonds. The van der Waals surface area contributed by atoms with E-state index in [1.54, 1.807) is 11.8 Å². The summed E-state index contributed by atoms with van der Waals surface area (Å²) in [6.45, 7) is 3.87. The molecule has 0 radical (unpaired) electrons. The molecule has 7 nitrogen and oxygen atoms in total. The van der Waals surface area contributed by atoms with Gasteiger partial charge in [-0.25, -0.2) is 18.2 Å². The van der Waals surface area contributed by atoms with Crippen LogP contribution in [0.25, 0.3) is 0 Å². The fourth-order valence-corrected chi connectivity index (χ4v) is 4.13. The SMILES string of the molecule is CCOC(=O)c1nc(N2CCS(=O)(=O)CC2)sc1C(C)=O. The first-order chi connectivity index (χ1) is 9.84. The summed E-state index contributed by atoms with van der Waals surface area (Å²) in [6, 6.07) is 0. The Kier molecular flexibility index (Phi) is 4.62. The molecule has 0 bridgehead atoms. The van der Waals surface area contributed by atoms with E-state index in [0.29, 0.717) is 18.2 Å². The van der Waals surface area contributed by atoms with Gasteiger partial charge in [-0.15, -0.1) is 0 Å². The minimum absolute atomic E-state index is 0.0118. The van der Waals surface area contributed by atoms with Crippen molar-refractivity contribution in [2.24, 2.45) is 0 Å². The third-order valence-electron chi connectivity index (χ3n) is 3.02. The highest BCUT2D eigenvalue weighted by atomic mass is 32.2. The standard InChI is InChI=1S/C12H16N2O5S2/c1-3-19-11(16)9-10(8(2)15)20-12(13-9)14-4-6-21(17,18)7-5-14/h3-7H2,1-2H3. The van der Waals surface area contributed by atoms with E-state index in [1.165, 1.54) is 6.92 Å². The van der Waals surface area contributed by atoms with Crippen LogP contribution < -0.4 is 4.90 Å². The van der Waals surface area contributed by atoms with Gasteiger partial charge in [0.15, 0.2) is 26.4 Å². The molecule has 116 valence electrons. The van der Waals surface area contributed by atoms with Gasteiger partial charge in [-0.3, -0.25) is 4.79 Å². The van der Waals surface area contributed by atoms with Gasteiger partial charge < -0.3 is 9.64 Å². The van der Waals surface area contributed by atoms with Crippen LogP contribution in [0.1, 0.15) is 34.0 Å². The van der Waals surface area contributed by atoms with E-state index in [2.05, 4.69) is 4.98 Å². The average Bonchev–Trinajstić information content (AvgIpc) is 2.84. The average molecular weight is 332 g/mol. The number of esters is 1. The highest BCUT2D eigenvalue weighted by Crippen LogP contribution is 2.28. The molecular formula is C12H16N2O5S2. The highest BCUT2D eigenvalue weighted by Gasteiger charge is 2.28. The van der Waals surface area contributed by atoms with Crippen LogP contribution in [0, 0.1) is 0 Å². The van der Waals surface area contributed by atoms with Crippen molar-refractivity contribution in [2.45, 2.75) is 13.8 Å². The van der Waals surface area contributed by atoms with E-state index in [-0.39, 0.29) is 34.5 Å². The Balaban J connectivity index is 2.28. The Labute approximate surface area is 126 Å². The number of nitrogens with zero attached hydrogens (tertiary/aromatic N) is 2. The maximum absolute atomic E-state index is 11.8. The van der Waals surface area contributed by atoms with Gasteiger partial charge >= 0.3 is 5.97 Å². The van der Waals surface area contributed by atoms with Crippen LogP contribution in [0.4, 0.5) is 5.13 Å². The molecule has 0 atom stereocenters. The van der Waals surface area contributed by atoms with Crippen LogP contribution >= 0.6 is 11.3 Å². The summed E-state index contributed by atoms with van der Waals surface area (Å²) in [4.78, 5) is 29.6. The molecule has 1 aliphatic heterocycles. The first-order valence-electron chi connectivity index (χ1n) is 6.48. The molecule has 2 heterocycles. The number of carbonyl (C=O) groups excluding carboxylic acids is 2. The zero-order valence-corrected chi connectivity index (χ0v) is 13.4. The van der Waals surface area contributed by atoms with Crippen LogP contribution in [0.15, 0.2) is 0 Å². The Morgan fingerprint density at radius 3 is 2.48 bits per heavy atom. The molecule has 0 saturated carbocycles. The summed E-state index contributed by atoms with van der Waals surface area (Å²) in [6.07, 6.45) is 0. The van der Waals surface area contributed by atoms with Crippen molar-refractivity contribution in [3.05, 3.63) is 10.6 Å². The molecule has 21 heavy (non-hydrogen) atoms. The fraction of sp³-hybridized carbons (Fsp3) is 0.583. The number of rotatable bonds is 4. The Hall–Kier alpha value is -1.48. The van der Waals surface area contributed by atoms with E-state index in [9.17, 15) is 18.0 Å². The lowest BCUT2D eigenvalue weighted by Crippen LogP contribution is -2.40. The van der Waals surface area contributed by atoms with Crippen molar-refractivity contribution in [3.63, 3.8) is 0 Å². The lowest BCUT2D eigenvalue weighted by molar-refractivity contribution is 0.0517. The quantitative estimate of drug-likeness (QED) is 0.593. The second kappa shape index (κ2) is 6.10. The minimum atomic E-state index is -2.99. The molecule has 1 saturated heterocycles. The number of thiazole rings is 1. The van der Waals surface area contributed by atoms with Crippen LogP contribution in [-0.4, -0.2) is 56.4 Å². The maximum atomic E-state index is 11.8. The molecule has 9 heteroatoms. The number of anilines is 1. The molecule has 0 unspecified atom stereocenters. The summed E-state index contributed by atoms with van der Waals surface area (Å²) in [5.41, 5.74) is 0.0118. The normalized spacial score (nSPS) is 17.5. The molecule has 1 aliphatic rings. The number of Topliss-reactive ketones (excluding diaryl/α,β-unsaturated/α-hetero) is 1. The Morgan fingerprint density at radius 2 is 1.95 bits per heavy atom. The van der Waals surface area contributed by atoms with Gasteiger partial charge in [0, 0.05) is 20.0 Å². The first kappa shape index (κ1) is 15.9. The lowest BCUT2D eigenvalue weighted by atomic mass is 10.3. The molecule has 1 fully saturated rings. The third-order valence-corrected chi connectivity index (χ3v) is 5.85. The summed E-state index contributed by atoms with van der Waals surface area (Å²) in [5.74, 6) is -0.783. The zero-order chi connectivity index (χ0) is 15.6. The van der Waals surface area contributed by atoms with Gasteiger partial charge in [0.05, 0.1) is 18.1 Å². The van der Waals surface area contributed by atoms with Gasteiger partial charge in [-0.1, -0.05) is 11.3 Å². The van der Waals surface area contributed by atoms with Crippen LogP contribution in [0.3, 0.4) is 0 Å². The molecule has 0 aromatic carbocycles. The molecular weight excluding hydrogens is 316 g/mol. The maximum Gasteiger partial charge on any atom is 0.358 e. The van der Waals surface area contributed by atoms with Crippen LogP contribution in [0.5, 0.6) is 0 Å². The summed E-state index contributed by atoms with van der Waals surface area (Å²) in [7, 11) is -2.99. The predicted octanol–water partition coefficient (Wildman–Crippen LogP) is 0.757.